The smallest absolute Gasteiger partial charge is 0.122 e. The fourth-order valence-electron chi connectivity index (χ4n) is 2.05. The number of methoxy groups -OCH3 is 1. The number of nitrogens with one attached hydrogen (secondary N) is 1. The molecule has 0 bridgehead atoms. The molecule has 4 heteroatoms. The average molecular weight is 310 g/mol. The molecule has 0 heterocycles. The van der Waals surface area contributed by atoms with E-state index >= 15 is 0 Å². The summed E-state index contributed by atoms with van der Waals surface area (Å²) in [6, 6.07) is 13.6. The SMILES string of the molecule is COc1ccccc1CCNCc1c(Cl)cccc1Cl. The molecule has 0 amide bonds. The molecule has 2 aromatic carbocycles. The van der Waals surface area contributed by atoms with Crippen LogP contribution in [0.1, 0.15) is 11.1 Å². The molecule has 0 saturated heterocycles. The van der Waals surface area contributed by atoms with Gasteiger partial charge in [-0.25, -0.2) is 0 Å². The molecular weight excluding hydrogens is 293 g/mol. The minimum atomic E-state index is 0.660. The monoisotopic (exact) mass is 309 g/mol. The third-order valence-corrected chi connectivity index (χ3v) is 3.84. The number of para-hydroxylation sites is 1. The minimum absolute atomic E-state index is 0.660. The van der Waals surface area contributed by atoms with E-state index in [1.807, 2.05) is 36.4 Å². The lowest BCUT2D eigenvalue weighted by molar-refractivity contribution is 0.409. The van der Waals surface area contributed by atoms with E-state index in [1.165, 1.54) is 5.56 Å². The molecule has 1 N–H and O–H groups in total. The van der Waals surface area contributed by atoms with E-state index in [9.17, 15) is 0 Å². The number of rotatable bonds is 6. The summed E-state index contributed by atoms with van der Waals surface area (Å²) in [5.74, 6) is 0.921. The standard InChI is InChI=1S/C16H17Cl2NO/c1-20-16-8-3-2-5-12(16)9-10-19-11-13-14(17)6-4-7-15(13)18/h2-8,19H,9-11H2,1H3. The number of hydrogen-bond donors (Lipinski definition) is 1. The Kier molecular flexibility index (Phi) is 5.72. The summed E-state index contributed by atoms with van der Waals surface area (Å²) in [5, 5.41) is 4.75. The molecule has 0 atom stereocenters. The number of halogens is 2. The molecule has 2 rings (SSSR count). The molecule has 2 aromatic rings. The van der Waals surface area contributed by atoms with Crippen LogP contribution in [0, 0.1) is 0 Å². The lowest BCUT2D eigenvalue weighted by Crippen LogP contribution is -2.17. The Bertz CT molecular complexity index is 552. The van der Waals surface area contributed by atoms with Crippen LogP contribution in [0.2, 0.25) is 10.0 Å². The van der Waals surface area contributed by atoms with E-state index in [4.69, 9.17) is 27.9 Å². The van der Waals surface area contributed by atoms with E-state index in [0.29, 0.717) is 16.6 Å². The maximum absolute atomic E-state index is 6.13. The van der Waals surface area contributed by atoms with E-state index in [2.05, 4.69) is 11.4 Å². The zero-order chi connectivity index (χ0) is 14.4. The Balaban J connectivity index is 1.88. The van der Waals surface area contributed by atoms with Crippen LogP contribution in [-0.4, -0.2) is 13.7 Å². The Morgan fingerprint density at radius 2 is 1.70 bits per heavy atom. The van der Waals surface area contributed by atoms with Crippen LogP contribution >= 0.6 is 23.2 Å². The molecule has 0 aliphatic carbocycles. The fourth-order valence-corrected chi connectivity index (χ4v) is 2.58. The molecule has 0 aliphatic heterocycles. The summed E-state index contributed by atoms with van der Waals surface area (Å²) in [6.07, 6.45) is 0.895. The van der Waals surface area contributed by atoms with Crippen molar-refractivity contribution >= 4 is 23.2 Å². The summed E-state index contributed by atoms with van der Waals surface area (Å²) >= 11 is 12.3. The van der Waals surface area contributed by atoms with Gasteiger partial charge in [-0.1, -0.05) is 47.5 Å². The quantitative estimate of drug-likeness (QED) is 0.802. The summed E-state index contributed by atoms with van der Waals surface area (Å²) in [6.45, 7) is 1.50. The Morgan fingerprint density at radius 3 is 2.40 bits per heavy atom. The molecule has 0 aliphatic rings. The topological polar surface area (TPSA) is 21.3 Å². The highest BCUT2D eigenvalue weighted by Gasteiger charge is 2.05. The first-order chi connectivity index (χ1) is 9.72. The first-order valence-electron chi connectivity index (χ1n) is 6.48. The number of hydrogen-bond acceptors (Lipinski definition) is 2. The van der Waals surface area contributed by atoms with E-state index in [1.54, 1.807) is 7.11 Å². The molecule has 2 nitrogen and oxygen atoms in total. The van der Waals surface area contributed by atoms with Crippen molar-refractivity contribution in [2.24, 2.45) is 0 Å². The number of benzene rings is 2. The second-order valence-corrected chi connectivity index (χ2v) is 5.25. The second-order valence-electron chi connectivity index (χ2n) is 4.44. The van der Waals surface area contributed by atoms with Gasteiger partial charge in [-0.15, -0.1) is 0 Å². The fraction of sp³-hybridized carbons (Fsp3) is 0.250. The highest BCUT2D eigenvalue weighted by molar-refractivity contribution is 6.35. The molecule has 0 radical (unpaired) electrons. The van der Waals surface area contributed by atoms with Crippen LogP contribution < -0.4 is 10.1 Å². The van der Waals surface area contributed by atoms with Crippen molar-refractivity contribution in [3.05, 3.63) is 63.6 Å². The summed E-state index contributed by atoms with van der Waals surface area (Å²) in [4.78, 5) is 0. The third kappa shape index (κ3) is 3.89. The van der Waals surface area contributed by atoms with E-state index in [0.717, 1.165) is 24.3 Å². The maximum Gasteiger partial charge on any atom is 0.122 e. The third-order valence-electron chi connectivity index (χ3n) is 3.13. The zero-order valence-corrected chi connectivity index (χ0v) is 12.8. The van der Waals surface area contributed by atoms with E-state index in [-0.39, 0.29) is 0 Å². The van der Waals surface area contributed by atoms with Crippen LogP contribution in [0.4, 0.5) is 0 Å². The highest BCUT2D eigenvalue weighted by atomic mass is 35.5. The van der Waals surface area contributed by atoms with Crippen LogP contribution in [0.25, 0.3) is 0 Å². The maximum atomic E-state index is 6.13. The van der Waals surface area contributed by atoms with Gasteiger partial charge in [-0.3, -0.25) is 0 Å². The summed E-state index contributed by atoms with van der Waals surface area (Å²) in [5.41, 5.74) is 2.13. The largest absolute Gasteiger partial charge is 0.496 e. The molecule has 0 aromatic heterocycles. The normalized spacial score (nSPS) is 10.6. The van der Waals surface area contributed by atoms with Crippen molar-refractivity contribution in [1.29, 1.82) is 0 Å². The van der Waals surface area contributed by atoms with Crippen molar-refractivity contribution in [3.8, 4) is 5.75 Å². The highest BCUT2D eigenvalue weighted by Crippen LogP contribution is 2.24. The Hall–Kier alpha value is -1.22. The van der Waals surface area contributed by atoms with Crippen LogP contribution in [-0.2, 0) is 13.0 Å². The Labute approximate surface area is 129 Å². The number of ether oxygens (including phenoxy) is 1. The lowest BCUT2D eigenvalue weighted by Gasteiger charge is -2.10. The van der Waals surface area contributed by atoms with Crippen LogP contribution in [0.3, 0.4) is 0 Å². The van der Waals surface area contributed by atoms with Gasteiger partial charge in [0, 0.05) is 22.2 Å². The van der Waals surface area contributed by atoms with Gasteiger partial charge in [-0.2, -0.15) is 0 Å². The molecule has 0 spiro atoms. The summed E-state index contributed by atoms with van der Waals surface area (Å²) in [7, 11) is 1.69. The molecule has 0 fully saturated rings. The van der Waals surface area contributed by atoms with Gasteiger partial charge >= 0.3 is 0 Å². The van der Waals surface area contributed by atoms with Crippen molar-refractivity contribution in [2.45, 2.75) is 13.0 Å². The van der Waals surface area contributed by atoms with Gasteiger partial charge in [-0.05, 0) is 36.7 Å². The first-order valence-corrected chi connectivity index (χ1v) is 7.23. The lowest BCUT2D eigenvalue weighted by atomic mass is 10.1. The van der Waals surface area contributed by atoms with Gasteiger partial charge in [0.05, 0.1) is 7.11 Å². The summed E-state index contributed by atoms with van der Waals surface area (Å²) < 4.78 is 5.33. The van der Waals surface area contributed by atoms with E-state index < -0.39 is 0 Å². The molecule has 0 unspecified atom stereocenters. The van der Waals surface area contributed by atoms with Gasteiger partial charge in [0.15, 0.2) is 0 Å². The van der Waals surface area contributed by atoms with Crippen molar-refractivity contribution in [1.82, 2.24) is 5.32 Å². The molecular formula is C16H17Cl2NO. The Morgan fingerprint density at radius 1 is 1.00 bits per heavy atom. The zero-order valence-electron chi connectivity index (χ0n) is 11.3. The first kappa shape index (κ1) is 15.2. The minimum Gasteiger partial charge on any atom is -0.496 e. The predicted octanol–water partition coefficient (Wildman–Crippen LogP) is 4.33. The predicted molar refractivity (Wildman–Crippen MR) is 84.9 cm³/mol. The average Bonchev–Trinajstić information content (AvgIpc) is 2.46. The van der Waals surface area contributed by atoms with Gasteiger partial charge in [0.25, 0.3) is 0 Å². The second kappa shape index (κ2) is 7.53. The molecule has 0 saturated carbocycles. The van der Waals surface area contributed by atoms with Crippen LogP contribution in [0.15, 0.2) is 42.5 Å². The van der Waals surface area contributed by atoms with Gasteiger partial charge in [0.1, 0.15) is 5.75 Å². The van der Waals surface area contributed by atoms with Gasteiger partial charge in [0.2, 0.25) is 0 Å². The molecule has 20 heavy (non-hydrogen) atoms. The van der Waals surface area contributed by atoms with Crippen molar-refractivity contribution in [3.63, 3.8) is 0 Å². The van der Waals surface area contributed by atoms with Crippen LogP contribution in [0.5, 0.6) is 5.75 Å². The molecule has 106 valence electrons. The van der Waals surface area contributed by atoms with Crippen molar-refractivity contribution < 1.29 is 4.74 Å². The van der Waals surface area contributed by atoms with Gasteiger partial charge < -0.3 is 10.1 Å². The van der Waals surface area contributed by atoms with Crippen molar-refractivity contribution in [2.75, 3.05) is 13.7 Å².